The van der Waals surface area contributed by atoms with Gasteiger partial charge in [0.25, 0.3) is 0 Å². The summed E-state index contributed by atoms with van der Waals surface area (Å²) in [6.07, 6.45) is 6.33. The average Bonchev–Trinajstić information content (AvgIpc) is 2.59. The fourth-order valence-electron chi connectivity index (χ4n) is 4.50. The summed E-state index contributed by atoms with van der Waals surface area (Å²) in [5, 5.41) is 10.4. The SMILES string of the molecule is CC1CC(C)C(CN2CCCC(C(C)C)CC2)C(O)C1. The van der Waals surface area contributed by atoms with Crippen LogP contribution >= 0.6 is 0 Å². The highest BCUT2D eigenvalue weighted by atomic mass is 16.3. The fraction of sp³-hybridized carbons (Fsp3) is 1.00. The second kappa shape index (κ2) is 7.26. The molecule has 1 aliphatic carbocycles. The van der Waals surface area contributed by atoms with Crippen molar-refractivity contribution in [2.24, 2.45) is 29.6 Å². The van der Waals surface area contributed by atoms with Crippen molar-refractivity contribution >= 4 is 0 Å². The zero-order chi connectivity index (χ0) is 14.7. The summed E-state index contributed by atoms with van der Waals surface area (Å²) in [5.41, 5.74) is 0. The predicted octanol–water partition coefficient (Wildman–Crippen LogP) is 3.79. The normalized spacial score (nSPS) is 40.8. The monoisotopic (exact) mass is 281 g/mol. The number of likely N-dealkylation sites (tertiary alicyclic amines) is 1. The largest absolute Gasteiger partial charge is 0.393 e. The fourth-order valence-corrected chi connectivity index (χ4v) is 4.50. The Kier molecular flexibility index (Phi) is 5.92. The smallest absolute Gasteiger partial charge is 0.0585 e. The molecule has 1 saturated heterocycles. The zero-order valence-corrected chi connectivity index (χ0v) is 14.0. The molecule has 0 amide bonds. The summed E-state index contributed by atoms with van der Waals surface area (Å²) in [7, 11) is 0. The molecule has 5 unspecified atom stereocenters. The predicted molar refractivity (Wildman–Crippen MR) is 85.7 cm³/mol. The molecular weight excluding hydrogens is 246 g/mol. The van der Waals surface area contributed by atoms with E-state index in [1.807, 2.05) is 0 Å². The van der Waals surface area contributed by atoms with Gasteiger partial charge in [-0.05, 0) is 68.9 Å². The van der Waals surface area contributed by atoms with Crippen LogP contribution in [0.3, 0.4) is 0 Å². The highest BCUT2D eigenvalue weighted by molar-refractivity contribution is 4.85. The molecule has 0 bridgehead atoms. The van der Waals surface area contributed by atoms with Crippen molar-refractivity contribution in [2.75, 3.05) is 19.6 Å². The van der Waals surface area contributed by atoms with Crippen LogP contribution in [0.1, 0.15) is 59.8 Å². The number of hydrogen-bond acceptors (Lipinski definition) is 2. The number of nitrogens with zero attached hydrogens (tertiary/aromatic N) is 1. The Morgan fingerprint density at radius 1 is 1.10 bits per heavy atom. The Hall–Kier alpha value is -0.0800. The van der Waals surface area contributed by atoms with Crippen molar-refractivity contribution in [3.05, 3.63) is 0 Å². The van der Waals surface area contributed by atoms with E-state index in [0.717, 1.165) is 24.8 Å². The number of hydrogen-bond donors (Lipinski definition) is 1. The first-order chi connectivity index (χ1) is 9.47. The first kappa shape index (κ1) is 16.3. The minimum absolute atomic E-state index is 0.0714. The van der Waals surface area contributed by atoms with Crippen LogP contribution in [0.5, 0.6) is 0 Å². The highest BCUT2D eigenvalue weighted by Crippen LogP contribution is 2.35. The van der Waals surface area contributed by atoms with Crippen molar-refractivity contribution in [3.63, 3.8) is 0 Å². The van der Waals surface area contributed by atoms with E-state index in [1.54, 1.807) is 0 Å². The van der Waals surface area contributed by atoms with Gasteiger partial charge < -0.3 is 10.0 Å². The molecule has 5 atom stereocenters. The van der Waals surface area contributed by atoms with Crippen molar-refractivity contribution in [1.82, 2.24) is 4.90 Å². The Balaban J connectivity index is 1.86. The van der Waals surface area contributed by atoms with Gasteiger partial charge in [0.2, 0.25) is 0 Å². The molecule has 1 N–H and O–H groups in total. The molecule has 0 aromatic carbocycles. The van der Waals surface area contributed by atoms with Gasteiger partial charge in [-0.3, -0.25) is 0 Å². The molecule has 0 radical (unpaired) electrons. The lowest BCUT2D eigenvalue weighted by Gasteiger charge is -2.39. The number of rotatable bonds is 3. The van der Waals surface area contributed by atoms with Gasteiger partial charge in [-0.15, -0.1) is 0 Å². The maximum absolute atomic E-state index is 10.4. The summed E-state index contributed by atoms with van der Waals surface area (Å²) in [4.78, 5) is 2.64. The third-order valence-corrected chi connectivity index (χ3v) is 5.92. The molecule has 1 heterocycles. The average molecular weight is 281 g/mol. The lowest BCUT2D eigenvalue weighted by atomic mass is 9.73. The van der Waals surface area contributed by atoms with Gasteiger partial charge in [-0.2, -0.15) is 0 Å². The molecule has 0 spiro atoms. The van der Waals surface area contributed by atoms with Crippen LogP contribution in [0, 0.1) is 29.6 Å². The first-order valence-corrected chi connectivity index (χ1v) is 8.87. The van der Waals surface area contributed by atoms with Crippen LogP contribution < -0.4 is 0 Å². The molecule has 1 aliphatic heterocycles. The molecule has 20 heavy (non-hydrogen) atoms. The standard InChI is InChI=1S/C18H35NO/c1-13(2)16-6-5-8-19(9-7-16)12-17-15(4)10-14(3)11-18(17)20/h13-18,20H,5-12H2,1-4H3. The summed E-state index contributed by atoms with van der Waals surface area (Å²) in [6, 6.07) is 0. The van der Waals surface area contributed by atoms with Crippen LogP contribution in [0.25, 0.3) is 0 Å². The molecule has 2 fully saturated rings. The van der Waals surface area contributed by atoms with Crippen molar-refractivity contribution in [3.8, 4) is 0 Å². The van der Waals surface area contributed by atoms with E-state index in [4.69, 9.17) is 0 Å². The van der Waals surface area contributed by atoms with Crippen molar-refractivity contribution in [1.29, 1.82) is 0 Å². The van der Waals surface area contributed by atoms with Crippen LogP contribution in [-0.4, -0.2) is 35.7 Å². The maximum Gasteiger partial charge on any atom is 0.0585 e. The Morgan fingerprint density at radius 3 is 2.50 bits per heavy atom. The van der Waals surface area contributed by atoms with E-state index in [-0.39, 0.29) is 6.10 Å². The van der Waals surface area contributed by atoms with Crippen LogP contribution in [0.2, 0.25) is 0 Å². The molecule has 2 aliphatic rings. The van der Waals surface area contributed by atoms with Crippen molar-refractivity contribution < 1.29 is 5.11 Å². The molecule has 1 saturated carbocycles. The topological polar surface area (TPSA) is 23.5 Å². The van der Waals surface area contributed by atoms with Gasteiger partial charge in [0.1, 0.15) is 0 Å². The number of aliphatic hydroxyl groups excluding tert-OH is 1. The third kappa shape index (κ3) is 4.21. The van der Waals surface area contributed by atoms with E-state index < -0.39 is 0 Å². The summed E-state index contributed by atoms with van der Waals surface area (Å²) >= 11 is 0. The minimum Gasteiger partial charge on any atom is -0.393 e. The highest BCUT2D eigenvalue weighted by Gasteiger charge is 2.34. The molecule has 118 valence electrons. The molecule has 0 aromatic heterocycles. The Labute approximate surface area is 125 Å². The van der Waals surface area contributed by atoms with Gasteiger partial charge >= 0.3 is 0 Å². The summed E-state index contributed by atoms with van der Waals surface area (Å²) < 4.78 is 0. The van der Waals surface area contributed by atoms with E-state index in [9.17, 15) is 5.11 Å². The van der Waals surface area contributed by atoms with E-state index >= 15 is 0 Å². The quantitative estimate of drug-likeness (QED) is 0.851. The van der Waals surface area contributed by atoms with Gasteiger partial charge in [-0.25, -0.2) is 0 Å². The number of aliphatic hydroxyl groups is 1. The van der Waals surface area contributed by atoms with E-state index in [2.05, 4.69) is 32.6 Å². The van der Waals surface area contributed by atoms with Gasteiger partial charge in [0.05, 0.1) is 6.10 Å². The summed E-state index contributed by atoms with van der Waals surface area (Å²) in [6.45, 7) is 13.0. The van der Waals surface area contributed by atoms with E-state index in [0.29, 0.717) is 17.8 Å². The lowest BCUT2D eigenvalue weighted by Crippen LogP contribution is -2.43. The molecule has 0 aromatic rings. The molecule has 2 heteroatoms. The van der Waals surface area contributed by atoms with Gasteiger partial charge in [0, 0.05) is 12.5 Å². The van der Waals surface area contributed by atoms with Crippen LogP contribution in [-0.2, 0) is 0 Å². The second-order valence-corrected chi connectivity index (χ2v) is 8.02. The zero-order valence-electron chi connectivity index (χ0n) is 14.0. The minimum atomic E-state index is -0.0714. The van der Waals surface area contributed by atoms with Gasteiger partial charge in [-0.1, -0.05) is 27.7 Å². The molecular formula is C18H35NO. The maximum atomic E-state index is 10.4. The first-order valence-electron chi connectivity index (χ1n) is 8.87. The van der Waals surface area contributed by atoms with Crippen LogP contribution in [0.4, 0.5) is 0 Å². The van der Waals surface area contributed by atoms with E-state index in [1.165, 1.54) is 38.8 Å². The molecule has 2 nitrogen and oxygen atoms in total. The van der Waals surface area contributed by atoms with Gasteiger partial charge in [0.15, 0.2) is 0 Å². The lowest BCUT2D eigenvalue weighted by molar-refractivity contribution is -0.00171. The second-order valence-electron chi connectivity index (χ2n) is 8.02. The van der Waals surface area contributed by atoms with Crippen LogP contribution in [0.15, 0.2) is 0 Å². The Bertz CT molecular complexity index is 279. The third-order valence-electron chi connectivity index (χ3n) is 5.92. The van der Waals surface area contributed by atoms with Crippen molar-refractivity contribution in [2.45, 2.75) is 65.9 Å². The summed E-state index contributed by atoms with van der Waals surface area (Å²) in [5.74, 6) is 3.62. The Morgan fingerprint density at radius 2 is 1.85 bits per heavy atom. The molecule has 2 rings (SSSR count).